The number of nitrogens with zero attached hydrogens (tertiary/aromatic N) is 2. The van der Waals surface area contributed by atoms with Crippen LogP contribution < -0.4 is 9.47 Å². The van der Waals surface area contributed by atoms with Gasteiger partial charge in [-0.1, -0.05) is 154 Å². The Morgan fingerprint density at radius 2 is 1.37 bits per heavy atom. The molecular formula is C59H86N2O2. The third-order valence-corrected chi connectivity index (χ3v) is 12.0. The van der Waals surface area contributed by atoms with Gasteiger partial charge >= 0.3 is 0 Å². The fourth-order valence-corrected chi connectivity index (χ4v) is 8.66. The van der Waals surface area contributed by atoms with E-state index in [1.54, 1.807) is 30.9 Å². The molecule has 0 bridgehead atoms. The summed E-state index contributed by atoms with van der Waals surface area (Å²) >= 11 is 0. The van der Waals surface area contributed by atoms with Gasteiger partial charge in [0.25, 0.3) is 0 Å². The van der Waals surface area contributed by atoms with Gasteiger partial charge in [-0.2, -0.15) is 0 Å². The van der Waals surface area contributed by atoms with Crippen molar-refractivity contribution in [2.45, 2.75) is 159 Å². The van der Waals surface area contributed by atoms with Gasteiger partial charge in [0.15, 0.2) is 11.5 Å². The lowest BCUT2D eigenvalue weighted by atomic mass is 9.88. The Bertz CT molecular complexity index is 1970. The summed E-state index contributed by atoms with van der Waals surface area (Å²) in [5.41, 5.74) is 16.0. The van der Waals surface area contributed by atoms with Gasteiger partial charge in [-0.3, -0.25) is 9.88 Å². The van der Waals surface area contributed by atoms with E-state index in [1.807, 2.05) is 12.3 Å². The van der Waals surface area contributed by atoms with Crippen molar-refractivity contribution in [3.05, 3.63) is 142 Å². The molecule has 1 aromatic heterocycles. The van der Waals surface area contributed by atoms with Crippen LogP contribution in [0.25, 0.3) is 16.8 Å². The zero-order valence-electron chi connectivity index (χ0n) is 41.8. The number of hydrogen-bond donors (Lipinski definition) is 0. The van der Waals surface area contributed by atoms with Gasteiger partial charge in [0.2, 0.25) is 0 Å². The van der Waals surface area contributed by atoms with E-state index < -0.39 is 0 Å². The van der Waals surface area contributed by atoms with E-state index in [9.17, 15) is 0 Å². The van der Waals surface area contributed by atoms with Crippen LogP contribution in [0.2, 0.25) is 0 Å². The predicted molar refractivity (Wildman–Crippen MR) is 276 cm³/mol. The second kappa shape index (κ2) is 29.9. The minimum atomic E-state index is 0.772. The van der Waals surface area contributed by atoms with Crippen molar-refractivity contribution in [2.24, 2.45) is 5.92 Å². The number of benzene rings is 3. The van der Waals surface area contributed by atoms with Crippen LogP contribution in [-0.2, 0) is 38.5 Å². The van der Waals surface area contributed by atoms with E-state index in [4.69, 9.17) is 9.47 Å². The maximum Gasteiger partial charge on any atom is 0.163 e. The quantitative estimate of drug-likeness (QED) is 0.0782. The highest BCUT2D eigenvalue weighted by atomic mass is 16.5. The first-order valence-corrected chi connectivity index (χ1v) is 24.7. The minimum absolute atomic E-state index is 0.772. The number of aromatic nitrogens is 1. The van der Waals surface area contributed by atoms with Gasteiger partial charge in [0.05, 0.1) is 19.9 Å². The Hall–Kier alpha value is -4.41. The van der Waals surface area contributed by atoms with Crippen LogP contribution >= 0.6 is 0 Å². The molecule has 0 radical (unpaired) electrons. The molecule has 3 aromatic carbocycles. The second-order valence-electron chi connectivity index (χ2n) is 17.7. The number of allylic oxidation sites excluding steroid dienone is 3. The summed E-state index contributed by atoms with van der Waals surface area (Å²) in [4.78, 5) is 7.16. The average molecular weight is 855 g/mol. The standard InChI is InChI=1S/C29H45N.C20H27NO2.C10H14/c1-7-11-25(22-30-17-15-23(5)16-18-30)19-24(6)28-20-26(12-8-2)29(14-10-4)27(21-28)13-9-3;1-5-7-9-15-10-11-21-18(12-15)17-13-16(8-6-2)20(23-4)19(14-17)22-3;1-3-5-10-7-4-6-9(2)8-10/h7,11,19-21,23H,6,8-10,12-18,22H2,1-5H3;10-14H,5-9H2,1-4H3;4,6-8H,3,5H2,1-2H3/b11-7-,25-19+;;. The molecule has 1 saturated heterocycles. The Labute approximate surface area is 386 Å². The lowest BCUT2D eigenvalue weighted by Gasteiger charge is -2.30. The minimum Gasteiger partial charge on any atom is -0.493 e. The fourth-order valence-electron chi connectivity index (χ4n) is 8.66. The summed E-state index contributed by atoms with van der Waals surface area (Å²) < 4.78 is 11.1. The van der Waals surface area contributed by atoms with Crippen molar-refractivity contribution >= 4 is 5.57 Å². The summed E-state index contributed by atoms with van der Waals surface area (Å²) in [6.45, 7) is 28.1. The molecule has 4 heteroatoms. The van der Waals surface area contributed by atoms with E-state index >= 15 is 0 Å². The number of likely N-dealkylation sites (tertiary alicyclic amines) is 1. The molecule has 344 valence electrons. The van der Waals surface area contributed by atoms with Crippen molar-refractivity contribution in [1.29, 1.82) is 0 Å². The lowest BCUT2D eigenvalue weighted by molar-refractivity contribution is 0.207. The number of aryl methyl sites for hydroxylation is 6. The third kappa shape index (κ3) is 17.9. The van der Waals surface area contributed by atoms with Crippen LogP contribution in [0.15, 0.2) is 97.2 Å². The van der Waals surface area contributed by atoms with Gasteiger partial charge in [-0.05, 0) is 165 Å². The van der Waals surface area contributed by atoms with Crippen LogP contribution in [0.3, 0.4) is 0 Å². The van der Waals surface area contributed by atoms with Crippen LogP contribution in [0.5, 0.6) is 11.5 Å². The van der Waals surface area contributed by atoms with Crippen molar-refractivity contribution < 1.29 is 9.47 Å². The molecule has 0 aliphatic carbocycles. The first kappa shape index (κ1) is 52.9. The lowest BCUT2D eigenvalue weighted by Crippen LogP contribution is -2.34. The summed E-state index contributed by atoms with van der Waals surface area (Å²) in [6.07, 6.45) is 26.5. The van der Waals surface area contributed by atoms with E-state index in [0.29, 0.717) is 0 Å². The molecule has 0 N–H and O–H groups in total. The van der Waals surface area contributed by atoms with Gasteiger partial charge in [0, 0.05) is 18.3 Å². The zero-order valence-corrected chi connectivity index (χ0v) is 41.8. The Kier molecular flexibility index (Phi) is 25.1. The van der Waals surface area contributed by atoms with Crippen molar-refractivity contribution in [2.75, 3.05) is 33.9 Å². The number of hydrogen-bond acceptors (Lipinski definition) is 4. The van der Waals surface area contributed by atoms with Crippen LogP contribution in [-0.4, -0.2) is 43.7 Å². The molecule has 0 unspecified atom stereocenters. The number of rotatable bonds is 21. The molecular weight excluding hydrogens is 769 g/mol. The maximum absolute atomic E-state index is 5.54. The summed E-state index contributed by atoms with van der Waals surface area (Å²) in [5, 5.41) is 0. The highest BCUT2D eigenvalue weighted by Crippen LogP contribution is 2.37. The molecule has 0 spiro atoms. The molecule has 4 aromatic rings. The van der Waals surface area contributed by atoms with Gasteiger partial charge in [-0.15, -0.1) is 0 Å². The maximum atomic E-state index is 5.54. The van der Waals surface area contributed by atoms with Gasteiger partial charge in [-0.25, -0.2) is 0 Å². The Morgan fingerprint density at radius 3 is 1.94 bits per heavy atom. The molecule has 1 fully saturated rings. The Balaban J connectivity index is 0.000000281. The number of methoxy groups -OCH3 is 2. The molecule has 2 heterocycles. The first-order chi connectivity index (χ1) is 30.6. The molecule has 4 nitrogen and oxygen atoms in total. The first-order valence-electron chi connectivity index (χ1n) is 24.7. The van der Waals surface area contributed by atoms with Crippen LogP contribution in [0, 0.1) is 12.8 Å². The molecule has 1 aliphatic heterocycles. The molecule has 63 heavy (non-hydrogen) atoms. The smallest absolute Gasteiger partial charge is 0.163 e. The molecule has 0 amide bonds. The van der Waals surface area contributed by atoms with E-state index in [0.717, 1.165) is 60.1 Å². The predicted octanol–water partition coefficient (Wildman–Crippen LogP) is 15.8. The summed E-state index contributed by atoms with van der Waals surface area (Å²) in [6, 6.07) is 22.1. The number of ether oxygens (including phenoxy) is 2. The fraction of sp³-hybridized carbons (Fsp3) is 0.508. The third-order valence-electron chi connectivity index (χ3n) is 12.0. The van der Waals surface area contributed by atoms with E-state index in [2.05, 4.69) is 152 Å². The van der Waals surface area contributed by atoms with Gasteiger partial charge in [0.1, 0.15) is 0 Å². The largest absolute Gasteiger partial charge is 0.493 e. The van der Waals surface area contributed by atoms with Crippen molar-refractivity contribution in [3.8, 4) is 22.8 Å². The number of unbranched alkanes of at least 4 members (excludes halogenated alkanes) is 1. The summed E-state index contributed by atoms with van der Waals surface area (Å²) in [7, 11) is 3.38. The van der Waals surface area contributed by atoms with Crippen molar-refractivity contribution in [1.82, 2.24) is 9.88 Å². The normalized spacial score (nSPS) is 13.3. The monoisotopic (exact) mass is 855 g/mol. The average Bonchev–Trinajstić information content (AvgIpc) is 3.28. The topological polar surface area (TPSA) is 34.6 Å². The number of pyridine rings is 1. The highest BCUT2D eigenvalue weighted by molar-refractivity contribution is 5.75. The Morgan fingerprint density at radius 1 is 0.730 bits per heavy atom. The SMILES string of the molecule is C=C(/C=C(\C=C/C)CN1CCC(C)CC1)c1cc(CCC)c(CCC)c(CCC)c1.CCCCc1ccnc(-c2cc(CCC)c(OC)c(OC)c2)c1.CCCc1cccc(C)c1. The van der Waals surface area contributed by atoms with Crippen LogP contribution in [0.4, 0.5) is 0 Å². The van der Waals surface area contributed by atoms with Crippen molar-refractivity contribution in [3.63, 3.8) is 0 Å². The molecule has 1 aliphatic rings. The molecule has 0 atom stereocenters. The van der Waals surface area contributed by atoms with E-state index in [-0.39, 0.29) is 0 Å². The van der Waals surface area contributed by atoms with Gasteiger partial charge < -0.3 is 9.47 Å². The zero-order chi connectivity index (χ0) is 46.0. The van der Waals surface area contributed by atoms with Crippen LogP contribution in [0.1, 0.15) is 158 Å². The highest BCUT2D eigenvalue weighted by Gasteiger charge is 2.17. The van der Waals surface area contributed by atoms with E-state index in [1.165, 1.54) is 124 Å². The summed E-state index contributed by atoms with van der Waals surface area (Å²) in [5.74, 6) is 2.48. The molecule has 0 saturated carbocycles. The molecule has 5 rings (SSSR count). The second-order valence-corrected chi connectivity index (χ2v) is 17.7. The number of piperidine rings is 1.